The van der Waals surface area contributed by atoms with Crippen molar-refractivity contribution in [3.05, 3.63) is 59.7 Å². The van der Waals surface area contributed by atoms with E-state index in [0.29, 0.717) is 12.6 Å². The van der Waals surface area contributed by atoms with Gasteiger partial charge in [-0.3, -0.25) is 4.98 Å². The average Bonchev–Trinajstić information content (AvgIpc) is 2.48. The predicted molar refractivity (Wildman–Crippen MR) is 78.1 cm³/mol. The van der Waals surface area contributed by atoms with E-state index in [1.165, 1.54) is 17.4 Å². The molecule has 0 saturated heterocycles. The van der Waals surface area contributed by atoms with Crippen molar-refractivity contribution in [1.29, 1.82) is 0 Å². The number of nitrogens with zero attached hydrogens (tertiary/aromatic N) is 2. The summed E-state index contributed by atoms with van der Waals surface area (Å²) in [4.78, 5) is 6.21. The minimum Gasteiger partial charge on any atom is -0.367 e. The van der Waals surface area contributed by atoms with Crippen molar-refractivity contribution in [2.75, 3.05) is 18.5 Å². The molecule has 3 rings (SSSR count). The van der Waals surface area contributed by atoms with E-state index in [0.717, 1.165) is 18.5 Å². The van der Waals surface area contributed by atoms with Gasteiger partial charge in [-0.2, -0.15) is 0 Å². The molecule has 0 amide bonds. The topological polar surface area (TPSA) is 28.2 Å². The number of nitrogens with one attached hydrogen (secondary N) is 1. The van der Waals surface area contributed by atoms with Gasteiger partial charge in [-0.25, -0.2) is 4.39 Å². The van der Waals surface area contributed by atoms with Crippen LogP contribution in [-0.4, -0.2) is 18.6 Å². The first-order valence-corrected chi connectivity index (χ1v) is 6.88. The molecule has 0 fully saturated rings. The van der Waals surface area contributed by atoms with Crippen molar-refractivity contribution >= 4 is 5.69 Å². The molecule has 2 aromatic rings. The van der Waals surface area contributed by atoms with Gasteiger partial charge in [0.1, 0.15) is 5.82 Å². The molecular formula is C16H18FN3. The molecule has 1 aliphatic rings. The quantitative estimate of drug-likeness (QED) is 0.930. The van der Waals surface area contributed by atoms with Gasteiger partial charge in [0.2, 0.25) is 0 Å². The second kappa shape index (κ2) is 5.59. The summed E-state index contributed by atoms with van der Waals surface area (Å²) in [5.41, 5.74) is 3.44. The first kappa shape index (κ1) is 13.1. The summed E-state index contributed by atoms with van der Waals surface area (Å²) < 4.78 is 13.2. The van der Waals surface area contributed by atoms with Crippen molar-refractivity contribution in [2.45, 2.75) is 19.0 Å². The van der Waals surface area contributed by atoms with Crippen molar-refractivity contribution in [2.24, 2.45) is 0 Å². The van der Waals surface area contributed by atoms with Crippen molar-refractivity contribution in [1.82, 2.24) is 10.3 Å². The lowest BCUT2D eigenvalue weighted by Gasteiger charge is -2.35. The van der Waals surface area contributed by atoms with Crippen LogP contribution in [0.25, 0.3) is 0 Å². The fraction of sp³-hybridized carbons (Fsp3) is 0.312. The largest absolute Gasteiger partial charge is 0.367 e. The van der Waals surface area contributed by atoms with Crippen molar-refractivity contribution < 1.29 is 4.39 Å². The Hall–Kier alpha value is -1.94. The van der Waals surface area contributed by atoms with E-state index < -0.39 is 0 Å². The minimum absolute atomic E-state index is 0.277. The first-order valence-electron chi connectivity index (χ1n) is 6.88. The maximum absolute atomic E-state index is 13.2. The van der Waals surface area contributed by atoms with Crippen LogP contribution < -0.4 is 10.2 Å². The molecule has 2 heterocycles. The zero-order chi connectivity index (χ0) is 13.9. The number of halogens is 1. The van der Waals surface area contributed by atoms with E-state index in [1.54, 1.807) is 12.3 Å². The summed E-state index contributed by atoms with van der Waals surface area (Å²) in [6.45, 7) is 1.65. The minimum atomic E-state index is -0.277. The number of fused-ring (bicyclic) bond motifs is 1. The van der Waals surface area contributed by atoms with Gasteiger partial charge >= 0.3 is 0 Å². The van der Waals surface area contributed by atoms with Crippen LogP contribution >= 0.6 is 0 Å². The third-order valence-corrected chi connectivity index (χ3v) is 3.82. The number of hydrogen-bond acceptors (Lipinski definition) is 3. The van der Waals surface area contributed by atoms with E-state index in [9.17, 15) is 4.39 Å². The molecule has 1 aromatic heterocycles. The molecule has 0 spiro atoms. The van der Waals surface area contributed by atoms with Gasteiger partial charge < -0.3 is 10.2 Å². The third kappa shape index (κ3) is 2.51. The summed E-state index contributed by atoms with van der Waals surface area (Å²) in [5, 5.41) is 3.35. The summed E-state index contributed by atoms with van der Waals surface area (Å²) in [5.74, 6) is -0.277. The van der Waals surface area contributed by atoms with Gasteiger partial charge in [0.15, 0.2) is 0 Å². The van der Waals surface area contributed by atoms with Crippen LogP contribution in [-0.2, 0) is 6.54 Å². The molecule has 1 aliphatic heterocycles. The lowest BCUT2D eigenvalue weighted by atomic mass is 9.96. The van der Waals surface area contributed by atoms with Gasteiger partial charge in [-0.05, 0) is 36.7 Å². The normalized spacial score (nSPS) is 17.9. The average molecular weight is 271 g/mol. The molecule has 20 heavy (non-hydrogen) atoms. The Kier molecular flexibility index (Phi) is 3.65. The molecule has 1 N–H and O–H groups in total. The Balaban J connectivity index is 1.88. The van der Waals surface area contributed by atoms with Crippen LogP contribution in [0.1, 0.15) is 23.6 Å². The summed E-state index contributed by atoms with van der Waals surface area (Å²) in [7, 11) is 1.99. The fourth-order valence-corrected chi connectivity index (χ4v) is 2.86. The van der Waals surface area contributed by atoms with Gasteiger partial charge in [0.05, 0.1) is 6.20 Å². The molecule has 1 unspecified atom stereocenters. The number of para-hydroxylation sites is 1. The molecular weight excluding hydrogens is 253 g/mol. The maximum Gasteiger partial charge on any atom is 0.141 e. The third-order valence-electron chi connectivity index (χ3n) is 3.82. The number of anilines is 1. The zero-order valence-corrected chi connectivity index (χ0v) is 11.5. The molecule has 3 nitrogen and oxygen atoms in total. The second-order valence-electron chi connectivity index (χ2n) is 5.12. The number of aromatic nitrogens is 1. The lowest BCUT2D eigenvalue weighted by Crippen LogP contribution is -2.34. The van der Waals surface area contributed by atoms with Gasteiger partial charge in [0.25, 0.3) is 0 Å². The highest BCUT2D eigenvalue weighted by Gasteiger charge is 2.23. The van der Waals surface area contributed by atoms with E-state index >= 15 is 0 Å². The Morgan fingerprint density at radius 2 is 2.20 bits per heavy atom. The lowest BCUT2D eigenvalue weighted by molar-refractivity contribution is 0.515. The molecule has 0 aliphatic carbocycles. The summed E-state index contributed by atoms with van der Waals surface area (Å²) >= 11 is 0. The highest BCUT2D eigenvalue weighted by Crippen LogP contribution is 2.34. The molecule has 1 aromatic carbocycles. The molecule has 1 atom stereocenters. The Labute approximate surface area is 118 Å². The van der Waals surface area contributed by atoms with Crippen LogP contribution in [0.15, 0.2) is 42.7 Å². The van der Waals surface area contributed by atoms with E-state index in [1.807, 2.05) is 13.1 Å². The van der Waals surface area contributed by atoms with Crippen molar-refractivity contribution in [3.8, 4) is 0 Å². The van der Waals surface area contributed by atoms with Crippen LogP contribution in [0.5, 0.6) is 0 Å². The van der Waals surface area contributed by atoms with Gasteiger partial charge in [0, 0.05) is 31.0 Å². The molecule has 104 valence electrons. The predicted octanol–water partition coefficient (Wildman–Crippen LogP) is 2.89. The Morgan fingerprint density at radius 3 is 3.00 bits per heavy atom. The van der Waals surface area contributed by atoms with E-state index in [2.05, 4.69) is 33.4 Å². The molecule has 4 heteroatoms. The molecule has 0 saturated carbocycles. The summed E-state index contributed by atoms with van der Waals surface area (Å²) in [6.07, 6.45) is 4.02. The second-order valence-corrected chi connectivity index (χ2v) is 5.12. The van der Waals surface area contributed by atoms with Crippen LogP contribution in [0.3, 0.4) is 0 Å². The smallest absolute Gasteiger partial charge is 0.141 e. The van der Waals surface area contributed by atoms with E-state index in [4.69, 9.17) is 0 Å². The van der Waals surface area contributed by atoms with E-state index in [-0.39, 0.29) is 5.82 Å². The Bertz CT molecular complexity index is 600. The first-order chi connectivity index (χ1) is 9.78. The van der Waals surface area contributed by atoms with Gasteiger partial charge in [-0.1, -0.05) is 18.2 Å². The number of benzene rings is 1. The van der Waals surface area contributed by atoms with Crippen LogP contribution in [0.4, 0.5) is 10.1 Å². The SMILES string of the molecule is CNC1CCN(Cc2cncc(F)c2)c2ccccc21. The Morgan fingerprint density at radius 1 is 1.35 bits per heavy atom. The van der Waals surface area contributed by atoms with Crippen LogP contribution in [0, 0.1) is 5.82 Å². The number of pyridine rings is 1. The van der Waals surface area contributed by atoms with Gasteiger partial charge in [-0.15, -0.1) is 0 Å². The zero-order valence-electron chi connectivity index (χ0n) is 11.5. The van der Waals surface area contributed by atoms with Crippen LogP contribution in [0.2, 0.25) is 0 Å². The standard InChI is InChI=1S/C16H18FN3/c1-18-15-6-7-20(16-5-3-2-4-14(15)16)11-12-8-13(17)10-19-9-12/h2-5,8-10,15,18H,6-7,11H2,1H3. The maximum atomic E-state index is 13.2. The summed E-state index contributed by atoms with van der Waals surface area (Å²) in [6, 6.07) is 10.4. The highest BCUT2D eigenvalue weighted by atomic mass is 19.1. The monoisotopic (exact) mass is 271 g/mol. The number of rotatable bonds is 3. The molecule has 0 bridgehead atoms. The highest BCUT2D eigenvalue weighted by molar-refractivity contribution is 5.57. The van der Waals surface area contributed by atoms with Crippen molar-refractivity contribution in [3.63, 3.8) is 0 Å². The number of hydrogen-bond donors (Lipinski definition) is 1. The fourth-order valence-electron chi connectivity index (χ4n) is 2.86. The molecule has 0 radical (unpaired) electrons.